The second-order valence-electron chi connectivity index (χ2n) is 10.3. The summed E-state index contributed by atoms with van der Waals surface area (Å²) in [4.78, 5) is 0. The molecule has 2 rings (SSSR count). The van der Waals surface area contributed by atoms with E-state index < -0.39 is 0 Å². The van der Waals surface area contributed by atoms with Crippen LogP contribution in [0.3, 0.4) is 0 Å². The monoisotopic (exact) mass is 352 g/mol. The Morgan fingerprint density at radius 3 is 1.92 bits per heavy atom. The van der Waals surface area contributed by atoms with Gasteiger partial charge in [-0.1, -0.05) is 60.8 Å². The van der Waals surface area contributed by atoms with Gasteiger partial charge < -0.3 is 10.2 Å². The predicted octanol–water partition coefficient (Wildman–Crippen LogP) is 5.66. The average molecular weight is 353 g/mol. The number of hydrogen-bond donors (Lipinski definition) is 2. The molecule has 2 nitrogen and oxygen atoms in total. The van der Waals surface area contributed by atoms with Crippen molar-refractivity contribution in [2.45, 2.75) is 105 Å². The first-order chi connectivity index (χ1) is 11.7. The Morgan fingerprint density at radius 1 is 0.920 bits per heavy atom. The maximum absolute atomic E-state index is 10.5. The van der Waals surface area contributed by atoms with E-state index in [1.807, 2.05) is 0 Å². The van der Waals surface area contributed by atoms with E-state index in [4.69, 9.17) is 0 Å². The van der Waals surface area contributed by atoms with Gasteiger partial charge in [-0.2, -0.15) is 0 Å². The summed E-state index contributed by atoms with van der Waals surface area (Å²) in [6.45, 7) is 13.5. The van der Waals surface area contributed by atoms with Crippen LogP contribution >= 0.6 is 0 Å². The summed E-state index contributed by atoms with van der Waals surface area (Å²) in [6.07, 6.45) is 10.1. The third kappa shape index (κ3) is 4.61. The minimum absolute atomic E-state index is 0.117. The van der Waals surface area contributed by atoms with Gasteiger partial charge in [0.1, 0.15) is 0 Å². The summed E-state index contributed by atoms with van der Waals surface area (Å²) in [6, 6.07) is 0. The first kappa shape index (κ1) is 21.2. The van der Waals surface area contributed by atoms with Gasteiger partial charge in [0, 0.05) is 0 Å². The van der Waals surface area contributed by atoms with Crippen molar-refractivity contribution in [3.63, 3.8) is 0 Å². The highest BCUT2D eigenvalue weighted by molar-refractivity contribution is 4.97. The molecule has 25 heavy (non-hydrogen) atoms. The van der Waals surface area contributed by atoms with E-state index in [1.165, 1.54) is 44.9 Å². The van der Waals surface area contributed by atoms with Crippen LogP contribution in [0.25, 0.3) is 0 Å². The van der Waals surface area contributed by atoms with E-state index >= 15 is 0 Å². The van der Waals surface area contributed by atoms with Gasteiger partial charge in [-0.25, -0.2) is 0 Å². The third-order valence-corrected chi connectivity index (χ3v) is 8.05. The summed E-state index contributed by atoms with van der Waals surface area (Å²) < 4.78 is 0. The number of hydrogen-bond acceptors (Lipinski definition) is 2. The number of rotatable bonds is 6. The van der Waals surface area contributed by atoms with E-state index in [2.05, 4.69) is 41.5 Å². The van der Waals surface area contributed by atoms with E-state index in [9.17, 15) is 10.2 Å². The molecule has 0 heterocycles. The first-order valence-corrected chi connectivity index (χ1v) is 11.0. The summed E-state index contributed by atoms with van der Waals surface area (Å²) >= 11 is 0. The molecule has 148 valence electrons. The van der Waals surface area contributed by atoms with E-state index in [0.29, 0.717) is 35.0 Å². The Bertz CT molecular complexity index is 387. The van der Waals surface area contributed by atoms with Crippen LogP contribution in [-0.4, -0.2) is 22.4 Å². The van der Waals surface area contributed by atoms with Gasteiger partial charge in [0.05, 0.1) is 12.2 Å². The Kier molecular flexibility index (Phi) is 7.42. The second kappa shape index (κ2) is 8.74. The molecule has 0 spiro atoms. The van der Waals surface area contributed by atoms with Crippen molar-refractivity contribution in [2.75, 3.05) is 0 Å². The lowest BCUT2D eigenvalue weighted by atomic mass is 9.53. The zero-order chi connectivity index (χ0) is 18.8. The second-order valence-corrected chi connectivity index (χ2v) is 10.3. The molecule has 2 aliphatic rings. The summed E-state index contributed by atoms with van der Waals surface area (Å²) in [5.41, 5.74) is 0.436. The van der Waals surface area contributed by atoms with Crippen LogP contribution in [0, 0.1) is 40.9 Å². The molecule has 5 unspecified atom stereocenters. The smallest absolute Gasteiger partial charge is 0.0591 e. The maximum atomic E-state index is 10.5. The Morgan fingerprint density at radius 2 is 1.44 bits per heavy atom. The zero-order valence-electron chi connectivity index (χ0n) is 17.7. The van der Waals surface area contributed by atoms with Crippen LogP contribution in [0.5, 0.6) is 0 Å². The molecule has 0 aromatic carbocycles. The molecule has 2 N–H and O–H groups in total. The highest BCUT2D eigenvalue weighted by atomic mass is 16.3. The van der Waals surface area contributed by atoms with Crippen LogP contribution in [0.4, 0.5) is 0 Å². The van der Waals surface area contributed by atoms with Gasteiger partial charge >= 0.3 is 0 Å². The highest BCUT2D eigenvalue weighted by Gasteiger charge is 2.48. The molecular formula is C23H44O2. The summed E-state index contributed by atoms with van der Waals surface area (Å²) in [5.74, 6) is 2.99. The molecule has 0 aromatic rings. The van der Waals surface area contributed by atoms with Gasteiger partial charge in [0.15, 0.2) is 0 Å². The molecule has 5 atom stereocenters. The quantitative estimate of drug-likeness (QED) is 0.647. The van der Waals surface area contributed by atoms with E-state index in [1.54, 1.807) is 0 Å². The highest BCUT2D eigenvalue weighted by Crippen LogP contribution is 2.56. The summed E-state index contributed by atoms with van der Waals surface area (Å²) in [5, 5.41) is 21.0. The normalized spacial score (nSPS) is 36.8. The van der Waals surface area contributed by atoms with Crippen LogP contribution in [0.1, 0.15) is 92.9 Å². The molecule has 0 aliphatic heterocycles. The molecule has 0 bridgehead atoms. The molecule has 2 fully saturated rings. The van der Waals surface area contributed by atoms with E-state index in [-0.39, 0.29) is 12.2 Å². The van der Waals surface area contributed by atoms with Crippen molar-refractivity contribution in [1.82, 2.24) is 0 Å². The fraction of sp³-hybridized carbons (Fsp3) is 1.00. The molecule has 0 aromatic heterocycles. The number of aliphatic hydroxyl groups excluding tert-OH is 2. The topological polar surface area (TPSA) is 40.5 Å². The van der Waals surface area contributed by atoms with E-state index in [0.717, 1.165) is 12.3 Å². The van der Waals surface area contributed by atoms with Crippen molar-refractivity contribution in [3.8, 4) is 0 Å². The minimum Gasteiger partial charge on any atom is -0.393 e. The van der Waals surface area contributed by atoms with Crippen LogP contribution in [-0.2, 0) is 0 Å². The molecule has 0 amide bonds. The molecule has 0 saturated heterocycles. The molecule has 0 radical (unpaired) electrons. The van der Waals surface area contributed by atoms with Gasteiger partial charge in [-0.3, -0.25) is 0 Å². The van der Waals surface area contributed by atoms with Crippen LogP contribution < -0.4 is 0 Å². The fourth-order valence-corrected chi connectivity index (χ4v) is 6.41. The predicted molar refractivity (Wildman–Crippen MR) is 106 cm³/mol. The van der Waals surface area contributed by atoms with Gasteiger partial charge in [-0.15, -0.1) is 0 Å². The lowest BCUT2D eigenvalue weighted by Gasteiger charge is -2.53. The van der Waals surface area contributed by atoms with Crippen molar-refractivity contribution >= 4 is 0 Å². The largest absolute Gasteiger partial charge is 0.393 e. The molecule has 2 saturated carbocycles. The van der Waals surface area contributed by atoms with Crippen molar-refractivity contribution in [2.24, 2.45) is 40.9 Å². The fourth-order valence-electron chi connectivity index (χ4n) is 6.41. The van der Waals surface area contributed by atoms with Crippen LogP contribution in [0.15, 0.2) is 0 Å². The Labute approximate surface area is 156 Å². The van der Waals surface area contributed by atoms with Crippen molar-refractivity contribution in [3.05, 3.63) is 0 Å². The Hall–Kier alpha value is -0.0800. The van der Waals surface area contributed by atoms with Gasteiger partial charge in [-0.05, 0) is 73.0 Å². The zero-order valence-corrected chi connectivity index (χ0v) is 17.7. The van der Waals surface area contributed by atoms with Gasteiger partial charge in [0.2, 0.25) is 0 Å². The average Bonchev–Trinajstić information content (AvgIpc) is 2.58. The lowest BCUT2D eigenvalue weighted by molar-refractivity contribution is -0.0683. The molecule has 2 heteroatoms. The SMILES string of the molecule is CC(C)C(O)C(C)CC(C)C1(C2CC(C)C(O)C(C)C2)CCCCC1. The first-order valence-electron chi connectivity index (χ1n) is 11.0. The van der Waals surface area contributed by atoms with Gasteiger partial charge in [0.25, 0.3) is 0 Å². The molecular weight excluding hydrogens is 308 g/mol. The van der Waals surface area contributed by atoms with Crippen LogP contribution in [0.2, 0.25) is 0 Å². The minimum atomic E-state index is -0.186. The summed E-state index contributed by atoms with van der Waals surface area (Å²) in [7, 11) is 0. The molecule has 2 aliphatic carbocycles. The third-order valence-electron chi connectivity index (χ3n) is 8.05. The maximum Gasteiger partial charge on any atom is 0.0591 e. The lowest BCUT2D eigenvalue weighted by Crippen LogP contribution is -2.46. The van der Waals surface area contributed by atoms with Crippen molar-refractivity contribution in [1.29, 1.82) is 0 Å². The standard InChI is InChI=1S/C23H44O2/c1-15(2)21(24)16(3)12-19(6)23(10-8-7-9-11-23)20-13-17(4)22(25)18(5)14-20/h15-22,24-25H,7-14H2,1-6H3. The number of aliphatic hydroxyl groups is 2. The Balaban J connectivity index is 2.16. The van der Waals surface area contributed by atoms with Crippen molar-refractivity contribution < 1.29 is 10.2 Å².